The van der Waals surface area contributed by atoms with E-state index in [1.165, 1.54) is 0 Å². The molecule has 0 fully saturated rings. The Morgan fingerprint density at radius 1 is 0.642 bits per heavy atom. The fourth-order valence-corrected chi connectivity index (χ4v) is 5.60. The van der Waals surface area contributed by atoms with E-state index in [4.69, 9.17) is 9.05 Å². The molecular formula is C44H76N2O6P+. The minimum absolute atomic E-state index is 0.0431. The largest absolute Gasteiger partial charge is 0.472 e. The molecule has 3 unspecified atom stereocenters. The third-order valence-electron chi connectivity index (χ3n) is 8.03. The molecule has 0 saturated carbocycles. The smallest absolute Gasteiger partial charge is 0.387 e. The number of likely N-dealkylation sites (N-methyl/N-ethyl adjacent to an activating group) is 1. The molecule has 0 aromatic heterocycles. The Kier molecular flexibility index (Phi) is 33.4. The van der Waals surface area contributed by atoms with E-state index in [2.05, 4.69) is 104 Å². The molecule has 0 aliphatic carbocycles. The van der Waals surface area contributed by atoms with Gasteiger partial charge in [-0.1, -0.05) is 130 Å². The number of phosphoric ester groups is 1. The van der Waals surface area contributed by atoms with Crippen LogP contribution < -0.4 is 5.32 Å². The Bertz CT molecular complexity index is 1180. The summed E-state index contributed by atoms with van der Waals surface area (Å²) in [5.41, 5.74) is 0. The quantitative estimate of drug-likeness (QED) is 0.0261. The molecule has 0 rings (SSSR count). The highest BCUT2D eigenvalue weighted by Crippen LogP contribution is 2.43. The Morgan fingerprint density at radius 2 is 1.09 bits per heavy atom. The SMILES string of the molecule is CC/C=C\C/C=C\C/C=C\C/C=C\C/C=C\CCCCCCCC(=O)NC(COP(=O)(O)OCC[N+](C)(C)C)C(O)/C=C/CC/C=C/CC/C=C/CC. The number of aliphatic hydroxyl groups excluding tert-OH is 1. The molecule has 0 heterocycles. The fourth-order valence-electron chi connectivity index (χ4n) is 4.87. The van der Waals surface area contributed by atoms with Gasteiger partial charge < -0.3 is 19.8 Å². The molecule has 0 saturated heterocycles. The minimum Gasteiger partial charge on any atom is -0.387 e. The number of aliphatic hydroxyl groups is 1. The molecule has 0 aliphatic rings. The van der Waals surface area contributed by atoms with E-state index in [1.54, 1.807) is 6.08 Å². The van der Waals surface area contributed by atoms with Gasteiger partial charge in [0.05, 0.1) is 39.9 Å². The Balaban J connectivity index is 4.50. The number of rotatable bonds is 34. The minimum atomic E-state index is -4.35. The average Bonchev–Trinajstić information content (AvgIpc) is 3.10. The first-order chi connectivity index (χ1) is 25.5. The van der Waals surface area contributed by atoms with Crippen LogP contribution in [0.15, 0.2) is 97.2 Å². The van der Waals surface area contributed by atoms with Crippen LogP contribution in [0.4, 0.5) is 0 Å². The molecule has 8 nitrogen and oxygen atoms in total. The number of unbranched alkanes of at least 4 members (excludes halogenated alkanes) is 7. The molecule has 0 spiro atoms. The lowest BCUT2D eigenvalue weighted by atomic mass is 10.1. The summed E-state index contributed by atoms with van der Waals surface area (Å²) in [6, 6.07) is -0.884. The zero-order chi connectivity index (χ0) is 39.3. The van der Waals surface area contributed by atoms with Gasteiger partial charge in [-0.15, -0.1) is 0 Å². The number of nitrogens with one attached hydrogen (secondary N) is 1. The lowest BCUT2D eigenvalue weighted by Crippen LogP contribution is -2.45. The molecule has 3 atom stereocenters. The predicted octanol–water partition coefficient (Wildman–Crippen LogP) is 10.8. The van der Waals surface area contributed by atoms with Gasteiger partial charge in [-0.25, -0.2) is 4.57 Å². The van der Waals surface area contributed by atoms with Gasteiger partial charge >= 0.3 is 7.82 Å². The zero-order valence-electron chi connectivity index (χ0n) is 34.0. The number of amides is 1. The summed E-state index contributed by atoms with van der Waals surface area (Å²) in [6.07, 6.45) is 49.2. The molecule has 53 heavy (non-hydrogen) atoms. The van der Waals surface area contributed by atoms with Crippen molar-refractivity contribution in [2.24, 2.45) is 0 Å². The topological polar surface area (TPSA) is 105 Å². The second-order valence-electron chi connectivity index (χ2n) is 14.2. The van der Waals surface area contributed by atoms with Crippen LogP contribution in [0, 0.1) is 0 Å². The van der Waals surface area contributed by atoms with Crippen LogP contribution in [0.25, 0.3) is 0 Å². The maximum Gasteiger partial charge on any atom is 0.472 e. The number of carbonyl (C=O) groups is 1. The molecule has 1 amide bonds. The first-order valence-electron chi connectivity index (χ1n) is 20.1. The van der Waals surface area contributed by atoms with Crippen LogP contribution in [0.1, 0.15) is 123 Å². The summed E-state index contributed by atoms with van der Waals surface area (Å²) in [5.74, 6) is -0.219. The Labute approximate surface area is 324 Å². The fraction of sp³-hybridized carbons (Fsp3) is 0.614. The molecule has 0 aliphatic heterocycles. The molecule has 0 aromatic carbocycles. The van der Waals surface area contributed by atoms with Crippen molar-refractivity contribution in [3.05, 3.63) is 97.2 Å². The van der Waals surface area contributed by atoms with Crippen molar-refractivity contribution in [3.8, 4) is 0 Å². The lowest BCUT2D eigenvalue weighted by Gasteiger charge is -2.25. The first kappa shape index (κ1) is 50.4. The third-order valence-corrected chi connectivity index (χ3v) is 9.01. The molecule has 0 aromatic rings. The van der Waals surface area contributed by atoms with E-state index in [1.807, 2.05) is 27.2 Å². The maximum atomic E-state index is 12.8. The standard InChI is InChI=1S/C44H75N2O6P/c1-6-8-10-12-14-16-18-19-20-21-22-23-24-25-26-27-28-30-32-34-36-38-44(48)45-42(41-52-53(49,50)51-40-39-46(3,4)5)43(47)37-35-33-31-29-17-15-13-11-9-7-2/h8-11,14,16-17,19-20,22-23,25-26,29,35,37,42-43,47H,6-7,12-13,15,18,21,24,27-28,30-34,36,38-41H2,1-5H3,(H-,45,48,49,50)/p+1/b10-8-,11-9+,16-14-,20-19-,23-22-,26-25-,29-17+,37-35+. The van der Waals surface area contributed by atoms with Gasteiger partial charge in [0.1, 0.15) is 13.2 Å². The van der Waals surface area contributed by atoms with Crippen LogP contribution >= 0.6 is 7.82 Å². The number of hydrogen-bond acceptors (Lipinski definition) is 5. The van der Waals surface area contributed by atoms with Gasteiger partial charge in [0.25, 0.3) is 0 Å². The highest BCUT2D eigenvalue weighted by molar-refractivity contribution is 7.47. The number of carbonyl (C=O) groups excluding carboxylic acids is 1. The van der Waals surface area contributed by atoms with E-state index < -0.39 is 20.0 Å². The summed E-state index contributed by atoms with van der Waals surface area (Å²) >= 11 is 0. The summed E-state index contributed by atoms with van der Waals surface area (Å²) in [6.45, 7) is 4.48. The third kappa shape index (κ3) is 37.5. The summed E-state index contributed by atoms with van der Waals surface area (Å²) < 4.78 is 23.4. The molecule has 3 N–H and O–H groups in total. The van der Waals surface area contributed by atoms with Gasteiger partial charge in [-0.3, -0.25) is 13.8 Å². The van der Waals surface area contributed by atoms with Crippen LogP contribution in [0.5, 0.6) is 0 Å². The molecular weight excluding hydrogens is 683 g/mol. The second-order valence-corrected chi connectivity index (χ2v) is 15.7. The van der Waals surface area contributed by atoms with Crippen molar-refractivity contribution < 1.29 is 32.9 Å². The highest BCUT2D eigenvalue weighted by atomic mass is 31.2. The average molecular weight is 760 g/mol. The first-order valence-corrected chi connectivity index (χ1v) is 21.6. The number of allylic oxidation sites excluding steroid dienone is 15. The number of nitrogens with zero attached hydrogens (tertiary/aromatic N) is 1. The van der Waals surface area contributed by atoms with Crippen LogP contribution in [-0.4, -0.2) is 73.4 Å². The molecule has 9 heteroatoms. The van der Waals surface area contributed by atoms with Gasteiger partial charge in [-0.05, 0) is 83.5 Å². The number of hydrogen-bond donors (Lipinski definition) is 3. The van der Waals surface area contributed by atoms with Gasteiger partial charge in [0.2, 0.25) is 5.91 Å². The Morgan fingerprint density at radius 3 is 1.66 bits per heavy atom. The molecule has 0 radical (unpaired) electrons. The molecule has 302 valence electrons. The normalized spacial score (nSPS) is 15.5. The van der Waals surface area contributed by atoms with Crippen molar-refractivity contribution in [1.29, 1.82) is 0 Å². The lowest BCUT2D eigenvalue weighted by molar-refractivity contribution is -0.870. The number of quaternary nitrogens is 1. The van der Waals surface area contributed by atoms with Crippen molar-refractivity contribution in [1.82, 2.24) is 5.32 Å². The van der Waals surface area contributed by atoms with Crippen molar-refractivity contribution in [2.75, 3.05) is 40.9 Å². The zero-order valence-corrected chi connectivity index (χ0v) is 34.9. The summed E-state index contributed by atoms with van der Waals surface area (Å²) in [7, 11) is 1.51. The van der Waals surface area contributed by atoms with E-state index in [0.29, 0.717) is 17.4 Å². The van der Waals surface area contributed by atoms with Crippen molar-refractivity contribution in [2.45, 2.75) is 135 Å². The van der Waals surface area contributed by atoms with Crippen LogP contribution in [-0.2, 0) is 18.4 Å². The van der Waals surface area contributed by atoms with E-state index in [-0.39, 0.29) is 19.1 Å². The number of phosphoric acid groups is 1. The van der Waals surface area contributed by atoms with Gasteiger partial charge in [-0.2, -0.15) is 0 Å². The van der Waals surface area contributed by atoms with Crippen molar-refractivity contribution >= 4 is 13.7 Å². The molecule has 0 bridgehead atoms. The van der Waals surface area contributed by atoms with Gasteiger partial charge in [0.15, 0.2) is 0 Å². The van der Waals surface area contributed by atoms with Crippen molar-refractivity contribution in [3.63, 3.8) is 0 Å². The van der Waals surface area contributed by atoms with Crippen LogP contribution in [0.3, 0.4) is 0 Å². The Hall–Kier alpha value is -2.58. The highest BCUT2D eigenvalue weighted by Gasteiger charge is 2.27. The van der Waals surface area contributed by atoms with Crippen LogP contribution in [0.2, 0.25) is 0 Å². The predicted molar refractivity (Wildman–Crippen MR) is 226 cm³/mol. The summed E-state index contributed by atoms with van der Waals surface area (Å²) in [5, 5.41) is 13.7. The second kappa shape index (κ2) is 35.1. The van der Waals surface area contributed by atoms with E-state index >= 15 is 0 Å². The maximum absolute atomic E-state index is 12.8. The van der Waals surface area contributed by atoms with E-state index in [9.17, 15) is 19.4 Å². The van der Waals surface area contributed by atoms with E-state index in [0.717, 1.165) is 103 Å². The van der Waals surface area contributed by atoms with Gasteiger partial charge in [0, 0.05) is 6.42 Å². The monoisotopic (exact) mass is 760 g/mol. The summed E-state index contributed by atoms with van der Waals surface area (Å²) in [4.78, 5) is 23.0.